The first kappa shape index (κ1) is 15.1. The van der Waals surface area contributed by atoms with Crippen molar-refractivity contribution in [2.75, 3.05) is 6.54 Å². The molecule has 0 spiro atoms. The minimum Gasteiger partial charge on any atom is -0.479 e. The number of hydrogen-bond acceptors (Lipinski definition) is 3. The highest BCUT2D eigenvalue weighted by Crippen LogP contribution is 2.42. The molecule has 2 unspecified atom stereocenters. The largest absolute Gasteiger partial charge is 0.479 e. The number of rotatable bonds is 3. The Morgan fingerprint density at radius 1 is 1.22 bits per heavy atom. The van der Waals surface area contributed by atoms with Crippen molar-refractivity contribution in [1.29, 1.82) is 0 Å². The van der Waals surface area contributed by atoms with E-state index in [0.29, 0.717) is 0 Å². The molecule has 1 fully saturated rings. The van der Waals surface area contributed by atoms with E-state index in [1.807, 2.05) is 0 Å². The van der Waals surface area contributed by atoms with Crippen LogP contribution in [0.2, 0.25) is 0 Å². The number of carboxylic acid groups (broad SMARTS) is 1. The standard InChI is InChI=1S/C17H15FN2O3/c18-14-8-10-20(15(21)12-5-4-9-19-11-12)17(14,16(22)23)13-6-2-1-3-7-13/h1-7,9,11,14H,8,10H2,(H,22,23). The van der Waals surface area contributed by atoms with Crippen LogP contribution in [-0.2, 0) is 10.3 Å². The van der Waals surface area contributed by atoms with Crippen LogP contribution < -0.4 is 0 Å². The van der Waals surface area contributed by atoms with Crippen LogP contribution in [0.15, 0.2) is 54.9 Å². The van der Waals surface area contributed by atoms with Gasteiger partial charge < -0.3 is 10.0 Å². The van der Waals surface area contributed by atoms with Gasteiger partial charge in [-0.2, -0.15) is 0 Å². The Kier molecular flexibility index (Phi) is 3.82. The summed E-state index contributed by atoms with van der Waals surface area (Å²) in [6, 6.07) is 11.2. The van der Waals surface area contributed by atoms with E-state index in [0.717, 1.165) is 4.90 Å². The summed E-state index contributed by atoms with van der Waals surface area (Å²) < 4.78 is 14.7. The number of aliphatic carboxylic acids is 1. The minimum atomic E-state index is -2.01. The highest BCUT2D eigenvalue weighted by molar-refractivity contribution is 5.98. The lowest BCUT2D eigenvalue weighted by molar-refractivity contribution is -0.152. The number of aromatic nitrogens is 1. The molecular weight excluding hydrogens is 299 g/mol. The molecule has 3 rings (SSSR count). The number of carbonyl (C=O) groups is 2. The lowest BCUT2D eigenvalue weighted by Crippen LogP contribution is -2.54. The van der Waals surface area contributed by atoms with Gasteiger partial charge in [-0.3, -0.25) is 9.78 Å². The fourth-order valence-electron chi connectivity index (χ4n) is 3.11. The second-order valence-corrected chi connectivity index (χ2v) is 5.39. The maximum atomic E-state index is 14.7. The van der Waals surface area contributed by atoms with Crippen molar-refractivity contribution in [2.45, 2.75) is 18.1 Å². The fourth-order valence-corrected chi connectivity index (χ4v) is 3.11. The van der Waals surface area contributed by atoms with Crippen LogP contribution in [0.3, 0.4) is 0 Å². The molecule has 2 heterocycles. The zero-order chi connectivity index (χ0) is 16.4. The van der Waals surface area contributed by atoms with E-state index in [1.165, 1.54) is 24.5 Å². The molecule has 0 bridgehead atoms. The van der Waals surface area contributed by atoms with Crippen molar-refractivity contribution in [2.24, 2.45) is 0 Å². The van der Waals surface area contributed by atoms with E-state index in [-0.39, 0.29) is 24.1 Å². The zero-order valence-electron chi connectivity index (χ0n) is 12.2. The lowest BCUT2D eigenvalue weighted by atomic mass is 9.85. The molecule has 0 saturated carbocycles. The molecular formula is C17H15FN2O3. The number of likely N-dealkylation sites (tertiary alicyclic amines) is 1. The normalized spacial score (nSPS) is 23.7. The SMILES string of the molecule is O=C(c1cccnc1)N1CCC(F)C1(C(=O)O)c1ccccc1. The third-order valence-corrected chi connectivity index (χ3v) is 4.18. The van der Waals surface area contributed by atoms with Crippen LogP contribution in [0, 0.1) is 0 Å². The molecule has 1 aromatic heterocycles. The maximum Gasteiger partial charge on any atom is 0.337 e. The second-order valence-electron chi connectivity index (χ2n) is 5.39. The third-order valence-electron chi connectivity index (χ3n) is 4.18. The van der Waals surface area contributed by atoms with Gasteiger partial charge in [0.05, 0.1) is 5.56 Å². The highest BCUT2D eigenvalue weighted by atomic mass is 19.1. The number of hydrogen-bond donors (Lipinski definition) is 1. The maximum absolute atomic E-state index is 14.7. The summed E-state index contributed by atoms with van der Waals surface area (Å²) in [5.74, 6) is -1.91. The first-order chi connectivity index (χ1) is 11.1. The van der Waals surface area contributed by atoms with Gasteiger partial charge in [0, 0.05) is 18.9 Å². The molecule has 23 heavy (non-hydrogen) atoms. The molecule has 0 aliphatic carbocycles. The summed E-state index contributed by atoms with van der Waals surface area (Å²) in [5.41, 5.74) is -1.51. The van der Waals surface area contributed by atoms with Crippen LogP contribution in [0.25, 0.3) is 0 Å². The van der Waals surface area contributed by atoms with Gasteiger partial charge in [-0.25, -0.2) is 9.18 Å². The van der Waals surface area contributed by atoms with Gasteiger partial charge in [0.1, 0.15) is 6.17 Å². The van der Waals surface area contributed by atoms with Gasteiger partial charge >= 0.3 is 5.97 Å². The van der Waals surface area contributed by atoms with Gasteiger partial charge in [0.25, 0.3) is 5.91 Å². The first-order valence-corrected chi connectivity index (χ1v) is 7.23. The number of amides is 1. The summed E-state index contributed by atoms with van der Waals surface area (Å²) in [6.07, 6.45) is 1.17. The predicted octanol–water partition coefficient (Wildman–Crippen LogP) is 2.25. The molecule has 1 amide bonds. The molecule has 1 N–H and O–H groups in total. The number of nitrogens with zero attached hydrogens (tertiary/aromatic N) is 2. The Labute approximate surface area is 132 Å². The van der Waals surface area contributed by atoms with Crippen molar-refractivity contribution in [1.82, 2.24) is 9.88 Å². The summed E-state index contributed by atoms with van der Waals surface area (Å²) >= 11 is 0. The average molecular weight is 314 g/mol. The van der Waals surface area contributed by atoms with Crippen LogP contribution >= 0.6 is 0 Å². The van der Waals surface area contributed by atoms with E-state index < -0.39 is 23.6 Å². The molecule has 1 aromatic carbocycles. The van der Waals surface area contributed by atoms with Crippen LogP contribution in [-0.4, -0.2) is 39.6 Å². The van der Waals surface area contributed by atoms with Crippen molar-refractivity contribution in [3.63, 3.8) is 0 Å². The molecule has 118 valence electrons. The van der Waals surface area contributed by atoms with E-state index >= 15 is 0 Å². The van der Waals surface area contributed by atoms with Crippen molar-refractivity contribution < 1.29 is 19.1 Å². The second kappa shape index (κ2) is 5.79. The zero-order valence-corrected chi connectivity index (χ0v) is 12.2. The molecule has 2 aromatic rings. The molecule has 6 heteroatoms. The summed E-state index contributed by atoms with van der Waals surface area (Å²) in [7, 11) is 0. The van der Waals surface area contributed by atoms with Crippen molar-refractivity contribution in [3.05, 3.63) is 66.0 Å². The van der Waals surface area contributed by atoms with Gasteiger partial charge in [0.15, 0.2) is 5.54 Å². The van der Waals surface area contributed by atoms with E-state index in [1.54, 1.807) is 30.3 Å². The molecule has 2 atom stereocenters. The molecule has 1 aliphatic rings. The summed E-state index contributed by atoms with van der Waals surface area (Å²) in [5, 5.41) is 9.80. The Balaban J connectivity index is 2.12. The first-order valence-electron chi connectivity index (χ1n) is 7.23. The van der Waals surface area contributed by atoms with E-state index in [4.69, 9.17) is 0 Å². The van der Waals surface area contributed by atoms with Crippen molar-refractivity contribution >= 4 is 11.9 Å². The Bertz CT molecular complexity index is 723. The van der Waals surface area contributed by atoms with Crippen LogP contribution in [0.5, 0.6) is 0 Å². The number of alkyl halides is 1. The van der Waals surface area contributed by atoms with Crippen molar-refractivity contribution in [3.8, 4) is 0 Å². The number of carboxylic acids is 1. The van der Waals surface area contributed by atoms with E-state index in [2.05, 4.69) is 4.98 Å². The average Bonchev–Trinajstić information content (AvgIpc) is 2.94. The molecule has 5 nitrogen and oxygen atoms in total. The smallest absolute Gasteiger partial charge is 0.337 e. The van der Waals surface area contributed by atoms with Gasteiger partial charge in [-0.15, -0.1) is 0 Å². The van der Waals surface area contributed by atoms with Crippen LogP contribution in [0.4, 0.5) is 4.39 Å². The van der Waals surface area contributed by atoms with Crippen LogP contribution in [0.1, 0.15) is 22.3 Å². The molecule has 1 aliphatic heterocycles. The van der Waals surface area contributed by atoms with Gasteiger partial charge in [-0.1, -0.05) is 30.3 Å². The third kappa shape index (κ3) is 2.27. The molecule has 0 radical (unpaired) electrons. The van der Waals surface area contributed by atoms with Gasteiger partial charge in [-0.05, 0) is 24.1 Å². The summed E-state index contributed by atoms with van der Waals surface area (Å²) in [6.45, 7) is 0.0378. The number of benzene rings is 1. The Morgan fingerprint density at radius 2 is 1.96 bits per heavy atom. The Hall–Kier alpha value is -2.76. The quantitative estimate of drug-likeness (QED) is 0.943. The summed E-state index contributed by atoms with van der Waals surface area (Å²) in [4.78, 5) is 29.7. The van der Waals surface area contributed by atoms with Gasteiger partial charge in [0.2, 0.25) is 0 Å². The Morgan fingerprint density at radius 3 is 2.57 bits per heavy atom. The monoisotopic (exact) mass is 314 g/mol. The topological polar surface area (TPSA) is 70.5 Å². The highest BCUT2D eigenvalue weighted by Gasteiger charge is 2.58. The fraction of sp³-hybridized carbons (Fsp3) is 0.235. The van der Waals surface area contributed by atoms with E-state index in [9.17, 15) is 19.1 Å². The predicted molar refractivity (Wildman–Crippen MR) is 80.5 cm³/mol. The molecule has 1 saturated heterocycles. The number of carbonyl (C=O) groups excluding carboxylic acids is 1. The minimum absolute atomic E-state index is 0.0206. The number of pyridine rings is 1. The lowest BCUT2D eigenvalue weighted by Gasteiger charge is -2.36. The number of halogens is 1.